The molecule has 1 aromatic heterocycles. The van der Waals surface area contributed by atoms with Crippen molar-refractivity contribution in [3.05, 3.63) is 23.0 Å². The van der Waals surface area contributed by atoms with Crippen LogP contribution >= 0.6 is 0 Å². The van der Waals surface area contributed by atoms with Gasteiger partial charge in [0.25, 0.3) is 11.8 Å². The second-order valence-corrected chi connectivity index (χ2v) is 4.91. The predicted octanol–water partition coefficient (Wildman–Crippen LogP) is 2.72. The van der Waals surface area contributed by atoms with E-state index in [1.54, 1.807) is 22.6 Å². The van der Waals surface area contributed by atoms with Crippen molar-refractivity contribution in [2.45, 2.75) is 45.6 Å². The number of nitrogens with zero attached hydrogens (tertiary/aromatic N) is 2. The monoisotopic (exact) mass is 270 g/mol. The molecule has 2 aliphatic rings. The lowest BCUT2D eigenvalue weighted by Gasteiger charge is -2.28. The van der Waals surface area contributed by atoms with E-state index in [0.29, 0.717) is 30.9 Å². The average Bonchev–Trinajstić information content (AvgIpc) is 2.74. The Balaban J connectivity index is 0.000000637. The fourth-order valence-electron chi connectivity index (χ4n) is 2.70. The minimum absolute atomic E-state index is 0.0611. The van der Waals surface area contributed by atoms with Gasteiger partial charge in [-0.1, -0.05) is 13.8 Å². The molecule has 0 fully saturated rings. The smallest absolute Gasteiger partial charge is 0.270 e. The summed E-state index contributed by atoms with van der Waals surface area (Å²) in [6, 6.07) is 1.79. The maximum atomic E-state index is 13.4. The van der Waals surface area contributed by atoms with Gasteiger partial charge in [-0.05, 0) is 18.1 Å². The highest BCUT2D eigenvalue weighted by Gasteiger charge is 2.38. The Bertz CT molecular complexity index is 494. The third-order valence-electron chi connectivity index (χ3n) is 3.71. The minimum atomic E-state index is -2.62. The van der Waals surface area contributed by atoms with Crippen molar-refractivity contribution in [1.29, 1.82) is 0 Å². The number of alkyl halides is 2. The maximum absolute atomic E-state index is 13.4. The molecule has 1 amide bonds. The van der Waals surface area contributed by atoms with Crippen LogP contribution in [0.5, 0.6) is 0 Å². The van der Waals surface area contributed by atoms with Gasteiger partial charge in [0.05, 0.1) is 6.42 Å². The number of rotatable bonds is 0. The van der Waals surface area contributed by atoms with Crippen molar-refractivity contribution < 1.29 is 13.6 Å². The standard InChI is InChI=1S/C12H14F2N2O.C2H6/c1-15-4-5-16-9(11(15)17)6-8-2-3-12(13,14)7-10(8)16;1-2/h6H,2-5,7H2,1H3;1-2H3. The SMILES string of the molecule is CC.CN1CCn2c(cc3c2CC(F)(F)CC3)C1=O. The molecular formula is C14H20F2N2O. The van der Waals surface area contributed by atoms with Crippen LogP contribution in [-0.4, -0.2) is 34.9 Å². The van der Waals surface area contributed by atoms with Gasteiger partial charge >= 0.3 is 0 Å². The third kappa shape index (κ3) is 2.38. The Kier molecular flexibility index (Phi) is 3.65. The van der Waals surface area contributed by atoms with Gasteiger partial charge in [0.1, 0.15) is 5.69 Å². The third-order valence-corrected chi connectivity index (χ3v) is 3.71. The van der Waals surface area contributed by atoms with E-state index in [9.17, 15) is 13.6 Å². The number of aromatic nitrogens is 1. The highest BCUT2D eigenvalue weighted by molar-refractivity contribution is 5.93. The van der Waals surface area contributed by atoms with E-state index in [1.807, 2.05) is 13.8 Å². The van der Waals surface area contributed by atoms with E-state index in [1.165, 1.54) is 0 Å². The van der Waals surface area contributed by atoms with Crippen LogP contribution in [-0.2, 0) is 19.4 Å². The van der Waals surface area contributed by atoms with Crippen LogP contribution in [0.25, 0.3) is 0 Å². The van der Waals surface area contributed by atoms with E-state index in [0.717, 1.165) is 5.56 Å². The lowest BCUT2D eigenvalue weighted by Crippen LogP contribution is -2.38. The van der Waals surface area contributed by atoms with Gasteiger partial charge in [0, 0.05) is 32.3 Å². The molecule has 3 nitrogen and oxygen atoms in total. The van der Waals surface area contributed by atoms with Gasteiger partial charge in [-0.25, -0.2) is 8.78 Å². The lowest BCUT2D eigenvalue weighted by atomic mass is 9.94. The quantitative estimate of drug-likeness (QED) is 0.711. The van der Waals surface area contributed by atoms with E-state index in [2.05, 4.69) is 0 Å². The van der Waals surface area contributed by atoms with E-state index >= 15 is 0 Å². The van der Waals surface area contributed by atoms with E-state index in [-0.39, 0.29) is 18.7 Å². The first-order valence-corrected chi connectivity index (χ1v) is 6.82. The topological polar surface area (TPSA) is 25.2 Å². The molecular weight excluding hydrogens is 250 g/mol. The lowest BCUT2D eigenvalue weighted by molar-refractivity contribution is -0.0143. The second kappa shape index (κ2) is 4.94. The van der Waals surface area contributed by atoms with Crippen molar-refractivity contribution in [2.75, 3.05) is 13.6 Å². The molecule has 0 atom stereocenters. The average molecular weight is 270 g/mol. The largest absolute Gasteiger partial charge is 0.339 e. The number of hydrogen-bond acceptors (Lipinski definition) is 1. The molecule has 1 aromatic rings. The van der Waals surface area contributed by atoms with Crippen LogP contribution in [0.2, 0.25) is 0 Å². The summed E-state index contributed by atoms with van der Waals surface area (Å²) in [4.78, 5) is 13.6. The number of halogens is 2. The molecule has 0 N–H and O–H groups in total. The fraction of sp³-hybridized carbons (Fsp3) is 0.643. The van der Waals surface area contributed by atoms with Crippen LogP contribution in [0.1, 0.15) is 42.0 Å². The highest BCUT2D eigenvalue weighted by Crippen LogP contribution is 2.35. The molecule has 19 heavy (non-hydrogen) atoms. The second-order valence-electron chi connectivity index (χ2n) is 4.91. The molecule has 0 radical (unpaired) electrons. The molecule has 0 aromatic carbocycles. The highest BCUT2D eigenvalue weighted by atomic mass is 19.3. The van der Waals surface area contributed by atoms with E-state index < -0.39 is 5.92 Å². The summed E-state index contributed by atoms with van der Waals surface area (Å²) in [6.07, 6.45) is 0.0478. The van der Waals surface area contributed by atoms with Crippen LogP contribution in [0, 0.1) is 0 Å². The Morgan fingerprint density at radius 1 is 1.26 bits per heavy atom. The van der Waals surface area contributed by atoms with Crippen molar-refractivity contribution >= 4 is 5.91 Å². The molecule has 5 heteroatoms. The molecule has 106 valence electrons. The number of hydrogen-bond donors (Lipinski definition) is 0. The number of carbonyl (C=O) groups excluding carboxylic acids is 1. The molecule has 0 saturated heterocycles. The van der Waals surface area contributed by atoms with Gasteiger partial charge in [0.15, 0.2) is 0 Å². The summed E-state index contributed by atoms with van der Waals surface area (Å²) < 4.78 is 28.6. The molecule has 2 heterocycles. The van der Waals surface area contributed by atoms with Gasteiger partial charge in [0.2, 0.25) is 0 Å². The summed E-state index contributed by atoms with van der Waals surface area (Å²) in [5.74, 6) is -2.68. The fourth-order valence-corrected chi connectivity index (χ4v) is 2.70. The first kappa shape index (κ1) is 14.0. The Labute approximate surface area is 112 Å². The molecule has 1 aliphatic carbocycles. The maximum Gasteiger partial charge on any atom is 0.270 e. The predicted molar refractivity (Wildman–Crippen MR) is 69.7 cm³/mol. The van der Waals surface area contributed by atoms with Crippen molar-refractivity contribution in [2.24, 2.45) is 0 Å². The minimum Gasteiger partial charge on any atom is -0.339 e. The van der Waals surface area contributed by atoms with Crippen LogP contribution in [0.3, 0.4) is 0 Å². The van der Waals surface area contributed by atoms with Crippen LogP contribution in [0.4, 0.5) is 8.78 Å². The van der Waals surface area contributed by atoms with Crippen molar-refractivity contribution in [3.63, 3.8) is 0 Å². The molecule has 0 spiro atoms. The van der Waals surface area contributed by atoms with Crippen molar-refractivity contribution in [1.82, 2.24) is 9.47 Å². The van der Waals surface area contributed by atoms with E-state index in [4.69, 9.17) is 0 Å². The summed E-state index contributed by atoms with van der Waals surface area (Å²) in [7, 11) is 1.74. The summed E-state index contributed by atoms with van der Waals surface area (Å²) in [5.41, 5.74) is 2.16. The molecule has 0 unspecified atom stereocenters. The number of aryl methyl sites for hydroxylation is 1. The molecule has 0 bridgehead atoms. The Morgan fingerprint density at radius 2 is 1.95 bits per heavy atom. The number of fused-ring (bicyclic) bond motifs is 3. The summed E-state index contributed by atoms with van der Waals surface area (Å²) >= 11 is 0. The Hall–Kier alpha value is -1.39. The van der Waals surface area contributed by atoms with Crippen molar-refractivity contribution in [3.8, 4) is 0 Å². The van der Waals surface area contributed by atoms with Gasteiger partial charge in [-0.3, -0.25) is 4.79 Å². The van der Waals surface area contributed by atoms with Crippen LogP contribution < -0.4 is 0 Å². The zero-order valence-corrected chi connectivity index (χ0v) is 11.7. The molecule has 0 saturated carbocycles. The zero-order valence-electron chi connectivity index (χ0n) is 11.7. The first-order valence-electron chi connectivity index (χ1n) is 6.82. The Morgan fingerprint density at radius 3 is 2.63 bits per heavy atom. The normalized spacial score (nSPS) is 20.3. The number of amides is 1. The zero-order chi connectivity index (χ0) is 14.2. The van der Waals surface area contributed by atoms with Crippen LogP contribution in [0.15, 0.2) is 6.07 Å². The molecule has 3 rings (SSSR count). The number of carbonyl (C=O) groups is 1. The van der Waals surface area contributed by atoms with Gasteiger partial charge < -0.3 is 9.47 Å². The summed E-state index contributed by atoms with van der Waals surface area (Å²) in [5, 5.41) is 0. The molecule has 1 aliphatic heterocycles. The first-order chi connectivity index (χ1) is 8.98. The number of likely N-dealkylation sites (N-methyl/N-ethyl adjacent to an activating group) is 1. The summed E-state index contributed by atoms with van der Waals surface area (Å²) in [6.45, 7) is 5.22. The van der Waals surface area contributed by atoms with Gasteiger partial charge in [-0.15, -0.1) is 0 Å². The van der Waals surface area contributed by atoms with Gasteiger partial charge in [-0.2, -0.15) is 0 Å².